The highest BCUT2D eigenvalue weighted by Crippen LogP contribution is 2.28. The molecule has 1 aromatic carbocycles. The van der Waals surface area contributed by atoms with Crippen molar-refractivity contribution in [1.29, 1.82) is 0 Å². The van der Waals surface area contributed by atoms with E-state index in [1.165, 1.54) is 0 Å². The molecule has 1 aromatic rings. The Labute approximate surface area is 103 Å². The van der Waals surface area contributed by atoms with Crippen LogP contribution in [-0.4, -0.2) is 20.0 Å². The molecular formula is C14H20O3. The van der Waals surface area contributed by atoms with Gasteiger partial charge in [0.25, 0.3) is 0 Å². The summed E-state index contributed by atoms with van der Waals surface area (Å²) < 4.78 is 10.4. The minimum absolute atomic E-state index is 0.0908. The molecule has 0 heterocycles. The van der Waals surface area contributed by atoms with Crippen molar-refractivity contribution in [3.05, 3.63) is 23.8 Å². The lowest BCUT2D eigenvalue weighted by molar-refractivity contribution is -0.120. The van der Waals surface area contributed by atoms with Gasteiger partial charge in [-0.25, -0.2) is 0 Å². The Hall–Kier alpha value is -1.51. The van der Waals surface area contributed by atoms with Crippen molar-refractivity contribution >= 4 is 5.78 Å². The maximum Gasteiger partial charge on any atom is 0.160 e. The van der Waals surface area contributed by atoms with E-state index in [0.717, 1.165) is 18.4 Å². The highest BCUT2D eigenvalue weighted by molar-refractivity contribution is 5.78. The van der Waals surface area contributed by atoms with Crippen molar-refractivity contribution in [2.24, 2.45) is 5.92 Å². The molecule has 3 heteroatoms. The van der Waals surface area contributed by atoms with Crippen molar-refractivity contribution in [3.8, 4) is 11.5 Å². The average Bonchev–Trinajstić information content (AvgIpc) is 2.35. The summed E-state index contributed by atoms with van der Waals surface area (Å²) in [4.78, 5) is 11.4. The minimum Gasteiger partial charge on any atom is -0.493 e. The standard InChI is InChI=1S/C14H20O3/c1-5-12(10(2)15)8-11-6-7-13(16-3)14(9-11)17-4/h6-7,9,12H,5,8H2,1-4H3. The molecule has 0 N–H and O–H groups in total. The number of ketones is 1. The van der Waals surface area contributed by atoms with Gasteiger partial charge in [-0.2, -0.15) is 0 Å². The van der Waals surface area contributed by atoms with Crippen LogP contribution in [0.15, 0.2) is 18.2 Å². The third-order valence-electron chi connectivity index (χ3n) is 3.00. The Kier molecular flexibility index (Phi) is 5.01. The fourth-order valence-corrected chi connectivity index (χ4v) is 1.87. The Morgan fingerprint density at radius 1 is 1.24 bits per heavy atom. The van der Waals surface area contributed by atoms with Crippen molar-refractivity contribution < 1.29 is 14.3 Å². The minimum atomic E-state index is 0.0908. The van der Waals surface area contributed by atoms with Gasteiger partial charge in [0.15, 0.2) is 11.5 Å². The smallest absolute Gasteiger partial charge is 0.160 e. The molecule has 0 fully saturated rings. The van der Waals surface area contributed by atoms with E-state index in [1.807, 2.05) is 25.1 Å². The van der Waals surface area contributed by atoms with Gasteiger partial charge in [-0.15, -0.1) is 0 Å². The van der Waals surface area contributed by atoms with Crippen LogP contribution in [-0.2, 0) is 11.2 Å². The van der Waals surface area contributed by atoms with Crippen LogP contribution in [0.3, 0.4) is 0 Å². The van der Waals surface area contributed by atoms with Gasteiger partial charge in [-0.05, 0) is 37.5 Å². The molecule has 94 valence electrons. The van der Waals surface area contributed by atoms with Crippen molar-refractivity contribution in [3.63, 3.8) is 0 Å². The number of methoxy groups -OCH3 is 2. The van der Waals surface area contributed by atoms with Crippen LogP contribution in [0.2, 0.25) is 0 Å². The molecule has 0 aromatic heterocycles. The molecule has 0 aliphatic rings. The normalized spacial score (nSPS) is 12.0. The zero-order valence-electron chi connectivity index (χ0n) is 10.9. The summed E-state index contributed by atoms with van der Waals surface area (Å²) in [5.41, 5.74) is 1.10. The predicted molar refractivity (Wildman–Crippen MR) is 67.7 cm³/mol. The van der Waals surface area contributed by atoms with Crippen LogP contribution in [0.1, 0.15) is 25.8 Å². The second-order valence-corrected chi connectivity index (χ2v) is 4.11. The van der Waals surface area contributed by atoms with Crippen LogP contribution < -0.4 is 9.47 Å². The van der Waals surface area contributed by atoms with E-state index >= 15 is 0 Å². The summed E-state index contributed by atoms with van der Waals surface area (Å²) >= 11 is 0. The molecule has 0 amide bonds. The lowest BCUT2D eigenvalue weighted by atomic mass is 9.93. The zero-order valence-corrected chi connectivity index (χ0v) is 10.9. The largest absolute Gasteiger partial charge is 0.493 e. The van der Waals surface area contributed by atoms with E-state index in [2.05, 4.69) is 0 Å². The van der Waals surface area contributed by atoms with Gasteiger partial charge in [0.1, 0.15) is 5.78 Å². The third-order valence-corrected chi connectivity index (χ3v) is 3.00. The molecule has 1 unspecified atom stereocenters. The lowest BCUT2D eigenvalue weighted by Gasteiger charge is -2.13. The molecule has 0 radical (unpaired) electrons. The summed E-state index contributed by atoms with van der Waals surface area (Å²) in [5, 5.41) is 0. The number of benzene rings is 1. The summed E-state index contributed by atoms with van der Waals surface area (Å²) in [5.74, 6) is 1.76. The van der Waals surface area contributed by atoms with E-state index in [1.54, 1.807) is 21.1 Å². The molecule has 0 aliphatic carbocycles. The van der Waals surface area contributed by atoms with Gasteiger partial charge in [0.2, 0.25) is 0 Å². The van der Waals surface area contributed by atoms with Crippen molar-refractivity contribution in [2.45, 2.75) is 26.7 Å². The van der Waals surface area contributed by atoms with Gasteiger partial charge < -0.3 is 9.47 Å². The molecule has 0 saturated heterocycles. The molecule has 0 spiro atoms. The van der Waals surface area contributed by atoms with Crippen LogP contribution in [0.5, 0.6) is 11.5 Å². The molecule has 3 nitrogen and oxygen atoms in total. The lowest BCUT2D eigenvalue weighted by Crippen LogP contribution is -2.12. The van der Waals surface area contributed by atoms with Crippen LogP contribution in [0.25, 0.3) is 0 Å². The maximum absolute atomic E-state index is 11.4. The molecule has 0 aliphatic heterocycles. The van der Waals surface area contributed by atoms with Crippen molar-refractivity contribution in [1.82, 2.24) is 0 Å². The number of hydrogen-bond donors (Lipinski definition) is 0. The maximum atomic E-state index is 11.4. The highest BCUT2D eigenvalue weighted by atomic mass is 16.5. The fraction of sp³-hybridized carbons (Fsp3) is 0.500. The summed E-state index contributed by atoms with van der Waals surface area (Å²) in [6, 6.07) is 5.79. The zero-order chi connectivity index (χ0) is 12.8. The Balaban J connectivity index is 2.88. The highest BCUT2D eigenvalue weighted by Gasteiger charge is 2.13. The Morgan fingerprint density at radius 2 is 1.88 bits per heavy atom. The second-order valence-electron chi connectivity index (χ2n) is 4.11. The summed E-state index contributed by atoms with van der Waals surface area (Å²) in [7, 11) is 3.23. The second kappa shape index (κ2) is 6.28. The first-order valence-corrected chi connectivity index (χ1v) is 5.83. The first kappa shape index (κ1) is 13.6. The average molecular weight is 236 g/mol. The Morgan fingerprint density at radius 3 is 2.35 bits per heavy atom. The van der Waals surface area contributed by atoms with Gasteiger partial charge in [-0.3, -0.25) is 4.79 Å². The number of carbonyl (C=O) groups is 1. The van der Waals surface area contributed by atoms with Gasteiger partial charge in [-0.1, -0.05) is 13.0 Å². The van der Waals surface area contributed by atoms with Crippen molar-refractivity contribution in [2.75, 3.05) is 14.2 Å². The summed E-state index contributed by atoms with van der Waals surface area (Å²) in [6.07, 6.45) is 1.62. The predicted octanol–water partition coefficient (Wildman–Crippen LogP) is 2.86. The van der Waals surface area contributed by atoms with Crippen LogP contribution >= 0.6 is 0 Å². The Bertz CT molecular complexity index is 385. The number of ether oxygens (including phenoxy) is 2. The van der Waals surface area contributed by atoms with E-state index in [4.69, 9.17) is 9.47 Å². The van der Waals surface area contributed by atoms with Crippen LogP contribution in [0.4, 0.5) is 0 Å². The molecule has 1 rings (SSSR count). The first-order valence-electron chi connectivity index (χ1n) is 5.83. The monoisotopic (exact) mass is 236 g/mol. The van der Waals surface area contributed by atoms with E-state index < -0.39 is 0 Å². The number of carbonyl (C=O) groups excluding carboxylic acids is 1. The number of rotatable bonds is 6. The van der Waals surface area contributed by atoms with E-state index in [9.17, 15) is 4.79 Å². The molecule has 1 atom stereocenters. The van der Waals surface area contributed by atoms with Gasteiger partial charge in [0, 0.05) is 5.92 Å². The number of Topliss-reactive ketones (excluding diaryl/α,β-unsaturated/α-hetero) is 1. The fourth-order valence-electron chi connectivity index (χ4n) is 1.87. The van der Waals surface area contributed by atoms with Gasteiger partial charge in [0.05, 0.1) is 14.2 Å². The first-order chi connectivity index (χ1) is 8.12. The van der Waals surface area contributed by atoms with E-state index in [0.29, 0.717) is 11.5 Å². The molecular weight excluding hydrogens is 216 g/mol. The quantitative estimate of drug-likeness (QED) is 0.762. The molecule has 0 saturated carbocycles. The van der Waals surface area contributed by atoms with Gasteiger partial charge >= 0.3 is 0 Å². The van der Waals surface area contributed by atoms with Crippen LogP contribution in [0, 0.1) is 5.92 Å². The summed E-state index contributed by atoms with van der Waals surface area (Å²) in [6.45, 7) is 3.68. The molecule has 0 bridgehead atoms. The SMILES string of the molecule is CCC(Cc1ccc(OC)c(OC)c1)C(C)=O. The molecule has 17 heavy (non-hydrogen) atoms. The third kappa shape index (κ3) is 3.48. The number of hydrogen-bond acceptors (Lipinski definition) is 3. The topological polar surface area (TPSA) is 35.5 Å². The van der Waals surface area contributed by atoms with E-state index in [-0.39, 0.29) is 11.7 Å².